The second-order valence-electron chi connectivity index (χ2n) is 11.3. The van der Waals surface area contributed by atoms with Crippen molar-refractivity contribution in [3.8, 4) is 5.75 Å². The largest absolute Gasteiger partial charge is 0.494 e. The minimum atomic E-state index is -4.24. The van der Waals surface area contributed by atoms with Crippen LogP contribution in [0.1, 0.15) is 37.5 Å². The van der Waals surface area contributed by atoms with Crippen LogP contribution >= 0.6 is 11.6 Å². The summed E-state index contributed by atoms with van der Waals surface area (Å²) >= 11 is 6.06. The molecular weight excluding hydrogens is 622 g/mol. The van der Waals surface area contributed by atoms with Gasteiger partial charge in [0.05, 0.1) is 17.2 Å². The van der Waals surface area contributed by atoms with E-state index in [1.165, 1.54) is 29.2 Å². The van der Waals surface area contributed by atoms with E-state index >= 15 is 0 Å². The lowest BCUT2D eigenvalue weighted by Crippen LogP contribution is -2.54. The Morgan fingerprint density at radius 2 is 1.48 bits per heavy atom. The highest BCUT2D eigenvalue weighted by Gasteiger charge is 2.35. The number of carbonyl (C=O) groups excluding carboxylic acids is 2. The monoisotopic (exact) mass is 661 g/mol. The molecule has 0 fully saturated rings. The molecule has 1 unspecified atom stereocenters. The molecule has 0 saturated carbocycles. The lowest BCUT2D eigenvalue weighted by molar-refractivity contribution is -0.140. The number of nitrogens with zero attached hydrogens (tertiary/aromatic N) is 2. The van der Waals surface area contributed by atoms with Crippen LogP contribution in [0.5, 0.6) is 5.75 Å². The summed E-state index contributed by atoms with van der Waals surface area (Å²) < 4.78 is 34.9. The molecule has 2 amide bonds. The third-order valence-electron chi connectivity index (χ3n) is 7.29. The summed E-state index contributed by atoms with van der Waals surface area (Å²) in [7, 11) is -4.24. The van der Waals surface area contributed by atoms with Gasteiger partial charge in [0.15, 0.2) is 0 Å². The van der Waals surface area contributed by atoms with Crippen LogP contribution < -0.4 is 14.4 Å². The zero-order chi connectivity index (χ0) is 33.3. The normalized spacial score (nSPS) is 12.0. The zero-order valence-corrected chi connectivity index (χ0v) is 28.1. The van der Waals surface area contributed by atoms with Gasteiger partial charge in [0.1, 0.15) is 18.3 Å². The molecule has 0 bridgehead atoms. The van der Waals surface area contributed by atoms with E-state index in [2.05, 4.69) is 5.32 Å². The number of hydrogen-bond acceptors (Lipinski definition) is 5. The third kappa shape index (κ3) is 9.11. The molecule has 4 aromatic carbocycles. The Hall–Kier alpha value is -4.34. The fourth-order valence-corrected chi connectivity index (χ4v) is 6.50. The predicted molar refractivity (Wildman–Crippen MR) is 183 cm³/mol. The smallest absolute Gasteiger partial charge is 0.264 e. The van der Waals surface area contributed by atoms with E-state index in [0.29, 0.717) is 17.4 Å². The van der Waals surface area contributed by atoms with Crippen molar-refractivity contribution in [2.24, 2.45) is 0 Å². The first kappa shape index (κ1) is 34.5. The van der Waals surface area contributed by atoms with Crippen molar-refractivity contribution < 1.29 is 22.7 Å². The second kappa shape index (κ2) is 15.8. The lowest BCUT2D eigenvalue weighted by atomic mass is 10.0. The fraction of sp³-hybridized carbons (Fsp3) is 0.278. The van der Waals surface area contributed by atoms with E-state index in [1.807, 2.05) is 82.3 Å². The van der Waals surface area contributed by atoms with Gasteiger partial charge in [-0.05, 0) is 87.4 Å². The van der Waals surface area contributed by atoms with Crippen LogP contribution in [-0.2, 0) is 32.6 Å². The summed E-state index contributed by atoms with van der Waals surface area (Å²) in [5, 5.41) is 3.35. The number of amides is 2. The molecule has 10 heteroatoms. The van der Waals surface area contributed by atoms with Crippen molar-refractivity contribution in [1.82, 2.24) is 10.2 Å². The summed E-state index contributed by atoms with van der Waals surface area (Å²) in [6, 6.07) is 28.4. The number of ether oxygens (including phenoxy) is 1. The van der Waals surface area contributed by atoms with Crippen LogP contribution in [-0.4, -0.2) is 50.4 Å². The fourth-order valence-electron chi connectivity index (χ4n) is 4.96. The molecule has 0 aliphatic carbocycles. The van der Waals surface area contributed by atoms with Crippen molar-refractivity contribution in [1.29, 1.82) is 0 Å². The Kier molecular flexibility index (Phi) is 11.8. The predicted octanol–water partition coefficient (Wildman–Crippen LogP) is 6.41. The maximum Gasteiger partial charge on any atom is 0.264 e. The van der Waals surface area contributed by atoms with Gasteiger partial charge in [-0.25, -0.2) is 8.42 Å². The highest BCUT2D eigenvalue weighted by molar-refractivity contribution is 7.92. The van der Waals surface area contributed by atoms with Crippen LogP contribution in [0.15, 0.2) is 108 Å². The summed E-state index contributed by atoms with van der Waals surface area (Å²) in [6.07, 6.45) is 0.240. The molecule has 0 aliphatic rings. The lowest BCUT2D eigenvalue weighted by Gasteiger charge is -2.34. The van der Waals surface area contributed by atoms with Crippen molar-refractivity contribution in [2.45, 2.75) is 57.6 Å². The van der Waals surface area contributed by atoms with Crippen molar-refractivity contribution >= 4 is 39.1 Å². The van der Waals surface area contributed by atoms with Crippen molar-refractivity contribution in [2.75, 3.05) is 17.5 Å². The number of sulfonamides is 1. The first-order chi connectivity index (χ1) is 22.0. The SMILES string of the molecule is CCOc1ccc(N(CC(=O)N(Cc2ccc(C)cc2)C(Cc2ccccc2)C(=O)NC(C)C)S(=O)(=O)c2ccc(Cl)cc2)cc1. The van der Waals surface area contributed by atoms with Gasteiger partial charge in [-0.2, -0.15) is 0 Å². The molecule has 4 aromatic rings. The molecule has 4 rings (SSSR count). The van der Waals surface area contributed by atoms with Gasteiger partial charge >= 0.3 is 0 Å². The number of aryl methyl sites for hydroxylation is 1. The molecule has 0 aromatic heterocycles. The van der Waals surface area contributed by atoms with Crippen LogP contribution in [0.2, 0.25) is 5.02 Å². The Labute approximate surface area is 277 Å². The number of carbonyl (C=O) groups is 2. The molecule has 46 heavy (non-hydrogen) atoms. The molecule has 0 saturated heterocycles. The second-order valence-corrected chi connectivity index (χ2v) is 13.6. The molecule has 1 N–H and O–H groups in total. The van der Waals surface area contributed by atoms with E-state index < -0.39 is 28.5 Å². The Morgan fingerprint density at radius 3 is 2.07 bits per heavy atom. The maximum absolute atomic E-state index is 14.5. The maximum atomic E-state index is 14.5. The summed E-state index contributed by atoms with van der Waals surface area (Å²) in [5.74, 6) is -0.296. The first-order valence-corrected chi connectivity index (χ1v) is 17.0. The van der Waals surface area contributed by atoms with Gasteiger partial charge in [-0.3, -0.25) is 13.9 Å². The van der Waals surface area contributed by atoms with E-state index in [1.54, 1.807) is 24.3 Å². The molecule has 1 atom stereocenters. The van der Waals surface area contributed by atoms with E-state index in [9.17, 15) is 18.0 Å². The number of halogens is 1. The molecule has 0 radical (unpaired) electrons. The molecule has 8 nitrogen and oxygen atoms in total. The highest BCUT2D eigenvalue weighted by atomic mass is 35.5. The standard InChI is InChI=1S/C36H40ClN3O5S/c1-5-45-32-19-17-31(18-20-32)40(46(43,44)33-21-15-30(37)16-22-33)25-35(41)39(24-29-13-11-27(4)12-14-29)34(36(42)38-26(2)3)23-28-9-7-6-8-10-28/h6-22,26,34H,5,23-25H2,1-4H3,(H,38,42). The van der Waals surface area contributed by atoms with Gasteiger partial charge < -0.3 is 15.0 Å². The number of rotatable bonds is 14. The van der Waals surface area contributed by atoms with E-state index in [4.69, 9.17) is 16.3 Å². The van der Waals surface area contributed by atoms with Gasteiger partial charge in [0, 0.05) is 24.0 Å². The number of benzene rings is 4. The number of nitrogens with one attached hydrogen (secondary N) is 1. The third-order valence-corrected chi connectivity index (χ3v) is 9.33. The topological polar surface area (TPSA) is 96.0 Å². The summed E-state index contributed by atoms with van der Waals surface area (Å²) in [6.45, 7) is 7.53. The van der Waals surface area contributed by atoms with Crippen LogP contribution in [0, 0.1) is 6.92 Å². The van der Waals surface area contributed by atoms with Crippen LogP contribution in [0.3, 0.4) is 0 Å². The average Bonchev–Trinajstić information content (AvgIpc) is 3.03. The van der Waals surface area contributed by atoms with Gasteiger partial charge in [-0.1, -0.05) is 71.8 Å². The summed E-state index contributed by atoms with van der Waals surface area (Å²) in [5.41, 5.74) is 3.00. The van der Waals surface area contributed by atoms with E-state index in [-0.39, 0.29) is 35.5 Å². The highest BCUT2D eigenvalue weighted by Crippen LogP contribution is 2.28. The van der Waals surface area contributed by atoms with Gasteiger partial charge in [0.25, 0.3) is 10.0 Å². The Balaban J connectivity index is 1.80. The quantitative estimate of drug-likeness (QED) is 0.169. The molecular formula is C36H40ClN3O5S. The molecule has 0 aliphatic heterocycles. The molecule has 0 spiro atoms. The number of anilines is 1. The minimum Gasteiger partial charge on any atom is -0.494 e. The molecule has 0 heterocycles. The van der Waals surface area contributed by atoms with Crippen molar-refractivity contribution in [3.63, 3.8) is 0 Å². The van der Waals surface area contributed by atoms with Gasteiger partial charge in [-0.15, -0.1) is 0 Å². The number of hydrogen-bond donors (Lipinski definition) is 1. The minimum absolute atomic E-state index is 0.0259. The average molecular weight is 662 g/mol. The Bertz CT molecular complexity index is 1700. The van der Waals surface area contributed by atoms with E-state index in [0.717, 1.165) is 21.0 Å². The Morgan fingerprint density at radius 1 is 0.848 bits per heavy atom. The van der Waals surface area contributed by atoms with Gasteiger partial charge in [0.2, 0.25) is 11.8 Å². The van der Waals surface area contributed by atoms with Crippen LogP contribution in [0.4, 0.5) is 5.69 Å². The van der Waals surface area contributed by atoms with Crippen LogP contribution in [0.25, 0.3) is 0 Å². The van der Waals surface area contributed by atoms with Crippen molar-refractivity contribution in [3.05, 3.63) is 125 Å². The molecule has 242 valence electrons. The first-order valence-electron chi connectivity index (χ1n) is 15.2. The summed E-state index contributed by atoms with van der Waals surface area (Å²) in [4.78, 5) is 29.8. The zero-order valence-electron chi connectivity index (χ0n) is 26.5.